The Morgan fingerprint density at radius 3 is 2.47 bits per heavy atom. The van der Waals surface area contributed by atoms with Crippen LogP contribution in [0.1, 0.15) is 11.1 Å². The van der Waals surface area contributed by atoms with Gasteiger partial charge in [-0.25, -0.2) is 0 Å². The monoisotopic (exact) mass is 445 g/mol. The van der Waals surface area contributed by atoms with Gasteiger partial charge in [0.05, 0.1) is 0 Å². The Bertz CT molecular complexity index is 1200. The molecule has 0 saturated carbocycles. The maximum atomic E-state index is 12.5. The number of nitriles is 1. The maximum absolute atomic E-state index is 12.5. The Morgan fingerprint density at radius 1 is 1.00 bits per heavy atom. The highest BCUT2D eigenvalue weighted by atomic mass is 35.5. The van der Waals surface area contributed by atoms with Crippen molar-refractivity contribution in [2.24, 2.45) is 0 Å². The summed E-state index contributed by atoms with van der Waals surface area (Å²) < 4.78 is 5.64. The largest absolute Gasteiger partial charge is 0.483 e. The van der Waals surface area contributed by atoms with E-state index in [9.17, 15) is 14.9 Å². The molecule has 0 radical (unpaired) electrons. The zero-order valence-corrected chi connectivity index (χ0v) is 18.0. The summed E-state index contributed by atoms with van der Waals surface area (Å²) in [7, 11) is 0. The van der Waals surface area contributed by atoms with Gasteiger partial charge in [0.15, 0.2) is 6.61 Å². The Balaban J connectivity index is 1.74. The number of amides is 2. The number of ether oxygens (including phenoxy) is 1. The first-order chi connectivity index (χ1) is 15.4. The summed E-state index contributed by atoms with van der Waals surface area (Å²) in [6.45, 7) is 1.67. The number of nitrogens with one attached hydrogen (secondary N) is 2. The van der Waals surface area contributed by atoms with Crippen molar-refractivity contribution in [3.63, 3.8) is 0 Å². The quantitative estimate of drug-likeness (QED) is 0.385. The molecule has 3 aromatic rings. The molecule has 160 valence electrons. The van der Waals surface area contributed by atoms with Gasteiger partial charge in [-0.3, -0.25) is 9.59 Å². The van der Waals surface area contributed by atoms with Crippen molar-refractivity contribution >= 4 is 40.9 Å². The summed E-state index contributed by atoms with van der Waals surface area (Å²) >= 11 is 6.09. The fourth-order valence-electron chi connectivity index (χ4n) is 2.85. The van der Waals surface area contributed by atoms with E-state index in [4.69, 9.17) is 16.3 Å². The van der Waals surface area contributed by atoms with Crippen molar-refractivity contribution in [3.8, 4) is 11.8 Å². The lowest BCUT2D eigenvalue weighted by molar-refractivity contribution is -0.118. The molecule has 2 amide bonds. The van der Waals surface area contributed by atoms with Gasteiger partial charge in [-0.1, -0.05) is 41.9 Å². The predicted octanol–water partition coefficient (Wildman–Crippen LogP) is 5.21. The molecule has 0 bridgehead atoms. The third-order valence-corrected chi connectivity index (χ3v) is 4.56. The third kappa shape index (κ3) is 6.46. The SMILES string of the molecule is Cc1cccc(NC(=O)COc2ccc(Cl)cc2/C=C(\C#N)C(=O)Nc2ccccc2)c1. The van der Waals surface area contributed by atoms with E-state index in [0.29, 0.717) is 27.7 Å². The van der Waals surface area contributed by atoms with Crippen LogP contribution in [0.25, 0.3) is 6.08 Å². The summed E-state index contributed by atoms with van der Waals surface area (Å²) in [6.07, 6.45) is 1.37. The van der Waals surface area contributed by atoms with Gasteiger partial charge in [0.1, 0.15) is 17.4 Å². The van der Waals surface area contributed by atoms with Crippen LogP contribution in [-0.4, -0.2) is 18.4 Å². The van der Waals surface area contributed by atoms with E-state index in [0.717, 1.165) is 5.56 Å². The van der Waals surface area contributed by atoms with Crippen molar-refractivity contribution in [3.05, 3.63) is 94.5 Å². The summed E-state index contributed by atoms with van der Waals surface area (Å²) in [5, 5.41) is 15.3. The molecule has 0 saturated heterocycles. The number of aryl methyl sites for hydroxylation is 1. The lowest BCUT2D eigenvalue weighted by Crippen LogP contribution is -2.20. The normalized spacial score (nSPS) is 10.7. The minimum atomic E-state index is -0.568. The predicted molar refractivity (Wildman–Crippen MR) is 125 cm³/mol. The second kappa shape index (κ2) is 10.8. The zero-order valence-electron chi connectivity index (χ0n) is 17.3. The van der Waals surface area contributed by atoms with Gasteiger partial charge in [-0.15, -0.1) is 0 Å². The smallest absolute Gasteiger partial charge is 0.266 e. The van der Waals surface area contributed by atoms with Crippen molar-refractivity contribution in [1.29, 1.82) is 5.26 Å². The molecule has 6 nitrogen and oxygen atoms in total. The number of hydrogen-bond acceptors (Lipinski definition) is 4. The molecule has 0 aromatic heterocycles. The van der Waals surface area contributed by atoms with Gasteiger partial charge < -0.3 is 15.4 Å². The van der Waals surface area contributed by atoms with Crippen LogP contribution in [0.5, 0.6) is 5.75 Å². The Labute approximate surface area is 191 Å². The standard InChI is InChI=1S/C25H20ClN3O3/c1-17-6-5-9-22(12-17)28-24(30)16-32-23-11-10-20(26)14-18(23)13-19(15-27)25(31)29-21-7-3-2-4-8-21/h2-14H,16H2,1H3,(H,28,30)(H,29,31)/b19-13+. The molecule has 0 heterocycles. The zero-order chi connectivity index (χ0) is 22.9. The molecule has 3 aromatic carbocycles. The van der Waals surface area contributed by atoms with Crippen LogP contribution in [0, 0.1) is 18.3 Å². The minimum Gasteiger partial charge on any atom is -0.483 e. The van der Waals surface area contributed by atoms with E-state index in [1.54, 1.807) is 48.5 Å². The van der Waals surface area contributed by atoms with Crippen molar-refractivity contribution in [1.82, 2.24) is 0 Å². The Hall–Kier alpha value is -4.08. The lowest BCUT2D eigenvalue weighted by Gasteiger charge is -2.11. The summed E-state index contributed by atoms with van der Waals surface area (Å²) in [6, 6.07) is 22.8. The highest BCUT2D eigenvalue weighted by molar-refractivity contribution is 6.30. The van der Waals surface area contributed by atoms with Crippen molar-refractivity contribution in [2.75, 3.05) is 17.2 Å². The molecule has 0 aliphatic rings. The van der Waals surface area contributed by atoms with Gasteiger partial charge in [0.2, 0.25) is 0 Å². The Morgan fingerprint density at radius 2 is 1.75 bits per heavy atom. The molecule has 0 aliphatic heterocycles. The molecule has 0 atom stereocenters. The van der Waals surface area contributed by atoms with Crippen LogP contribution in [0.15, 0.2) is 78.4 Å². The highest BCUT2D eigenvalue weighted by Gasteiger charge is 2.13. The molecule has 32 heavy (non-hydrogen) atoms. The van der Waals surface area contributed by atoms with Gasteiger partial charge in [-0.2, -0.15) is 5.26 Å². The number of halogens is 1. The number of carbonyl (C=O) groups is 2. The van der Waals surface area contributed by atoms with Crippen LogP contribution in [0.3, 0.4) is 0 Å². The van der Waals surface area contributed by atoms with E-state index in [2.05, 4.69) is 10.6 Å². The molecule has 0 unspecified atom stereocenters. The van der Waals surface area contributed by atoms with Gasteiger partial charge in [0, 0.05) is 22.0 Å². The average molecular weight is 446 g/mol. The first-order valence-corrected chi connectivity index (χ1v) is 10.1. The highest BCUT2D eigenvalue weighted by Crippen LogP contribution is 2.26. The second-order valence-electron chi connectivity index (χ2n) is 6.88. The molecule has 3 rings (SSSR count). The summed E-state index contributed by atoms with van der Waals surface area (Å²) in [4.78, 5) is 24.8. The maximum Gasteiger partial charge on any atom is 0.266 e. The first-order valence-electron chi connectivity index (χ1n) is 9.71. The first kappa shape index (κ1) is 22.6. The van der Waals surface area contributed by atoms with Crippen molar-refractivity contribution in [2.45, 2.75) is 6.92 Å². The summed E-state index contributed by atoms with van der Waals surface area (Å²) in [5.74, 6) is -0.598. The topological polar surface area (TPSA) is 91.2 Å². The molecule has 0 spiro atoms. The number of para-hydroxylation sites is 1. The molecular formula is C25H20ClN3O3. The third-order valence-electron chi connectivity index (χ3n) is 4.33. The van der Waals surface area contributed by atoms with Crippen LogP contribution >= 0.6 is 11.6 Å². The van der Waals surface area contributed by atoms with Crippen LogP contribution in [0.2, 0.25) is 5.02 Å². The fourth-order valence-corrected chi connectivity index (χ4v) is 3.03. The fraction of sp³-hybridized carbons (Fsp3) is 0.0800. The lowest BCUT2D eigenvalue weighted by atomic mass is 10.1. The van der Waals surface area contributed by atoms with E-state index in [1.165, 1.54) is 6.08 Å². The number of benzene rings is 3. The van der Waals surface area contributed by atoms with E-state index >= 15 is 0 Å². The van der Waals surface area contributed by atoms with Gasteiger partial charge in [0.25, 0.3) is 11.8 Å². The summed E-state index contributed by atoms with van der Waals surface area (Å²) in [5.41, 5.74) is 2.52. The minimum absolute atomic E-state index is 0.134. The van der Waals surface area contributed by atoms with Crippen LogP contribution < -0.4 is 15.4 Å². The van der Waals surface area contributed by atoms with Gasteiger partial charge in [-0.05, 0) is 61.0 Å². The number of rotatable bonds is 7. The van der Waals surface area contributed by atoms with Crippen LogP contribution in [-0.2, 0) is 9.59 Å². The van der Waals surface area contributed by atoms with Crippen molar-refractivity contribution < 1.29 is 14.3 Å². The Kier molecular flexibility index (Phi) is 7.63. The average Bonchev–Trinajstić information content (AvgIpc) is 2.77. The molecule has 7 heteroatoms. The molecular weight excluding hydrogens is 426 g/mol. The number of carbonyl (C=O) groups excluding carboxylic acids is 2. The van der Waals surface area contributed by atoms with Gasteiger partial charge >= 0.3 is 0 Å². The van der Waals surface area contributed by atoms with E-state index in [1.807, 2.05) is 37.3 Å². The van der Waals surface area contributed by atoms with Crippen LogP contribution in [0.4, 0.5) is 11.4 Å². The van der Waals surface area contributed by atoms with E-state index in [-0.39, 0.29) is 18.1 Å². The molecule has 2 N–H and O–H groups in total. The molecule has 0 fully saturated rings. The number of anilines is 2. The number of hydrogen-bond donors (Lipinski definition) is 2. The number of nitrogens with zero attached hydrogens (tertiary/aromatic N) is 1. The second-order valence-corrected chi connectivity index (χ2v) is 7.31. The molecule has 0 aliphatic carbocycles. The van der Waals surface area contributed by atoms with E-state index < -0.39 is 5.91 Å².